The van der Waals surface area contributed by atoms with Gasteiger partial charge >= 0.3 is 0 Å². The molecule has 0 unspecified atom stereocenters. The average molecular weight is 295 g/mol. The number of hydrogen-bond acceptors (Lipinski definition) is 2. The molecule has 2 aliphatic carbocycles. The van der Waals surface area contributed by atoms with Gasteiger partial charge in [-0.05, 0) is 44.9 Å². The Morgan fingerprint density at radius 1 is 0.762 bits per heavy atom. The molecule has 0 atom stereocenters. The van der Waals surface area contributed by atoms with Crippen molar-refractivity contribution in [3.8, 4) is 0 Å². The fraction of sp³-hybridized carbons (Fsp3) is 1.00. The lowest BCUT2D eigenvalue weighted by Gasteiger charge is -2.49. The van der Waals surface area contributed by atoms with Crippen LogP contribution < -0.4 is 5.73 Å². The molecule has 2 rings (SSSR count). The Morgan fingerprint density at radius 2 is 1.14 bits per heavy atom. The fourth-order valence-electron chi connectivity index (χ4n) is 4.04. The highest BCUT2D eigenvalue weighted by Gasteiger charge is 2.39. The number of hydrogen-bond donors (Lipinski definition) is 1. The SMILES string of the molecule is CC(C)(N)C(C)(C)CN(C1CCCCC1)C1CCCCC1. The van der Waals surface area contributed by atoms with E-state index in [1.807, 2.05) is 0 Å². The van der Waals surface area contributed by atoms with Crippen LogP contribution in [0.1, 0.15) is 91.9 Å². The van der Waals surface area contributed by atoms with E-state index < -0.39 is 0 Å². The third-order valence-corrected chi connectivity index (χ3v) is 6.41. The Bertz CT molecular complexity index is 286. The van der Waals surface area contributed by atoms with Gasteiger partial charge in [0.15, 0.2) is 0 Å². The highest BCUT2D eigenvalue weighted by Crippen LogP contribution is 2.36. The highest BCUT2D eigenvalue weighted by atomic mass is 15.2. The van der Waals surface area contributed by atoms with Gasteiger partial charge in [-0.15, -0.1) is 0 Å². The lowest BCUT2D eigenvalue weighted by atomic mass is 9.73. The molecule has 0 aliphatic heterocycles. The monoisotopic (exact) mass is 294 g/mol. The molecule has 2 nitrogen and oxygen atoms in total. The molecular weight excluding hydrogens is 256 g/mol. The van der Waals surface area contributed by atoms with Crippen LogP contribution in [0.15, 0.2) is 0 Å². The summed E-state index contributed by atoms with van der Waals surface area (Å²) in [6.45, 7) is 10.3. The second kappa shape index (κ2) is 7.00. The Balaban J connectivity index is 2.10. The first-order valence-electron chi connectivity index (χ1n) is 9.36. The molecule has 0 aromatic heterocycles. The minimum Gasteiger partial charge on any atom is -0.325 e. The van der Waals surface area contributed by atoms with Crippen molar-refractivity contribution < 1.29 is 0 Å². The van der Waals surface area contributed by atoms with Crippen molar-refractivity contribution in [1.82, 2.24) is 4.90 Å². The van der Waals surface area contributed by atoms with E-state index in [1.165, 1.54) is 70.8 Å². The molecule has 2 N–H and O–H groups in total. The maximum absolute atomic E-state index is 6.49. The van der Waals surface area contributed by atoms with Gasteiger partial charge in [-0.25, -0.2) is 0 Å². The minimum atomic E-state index is -0.116. The van der Waals surface area contributed by atoms with E-state index in [0.717, 1.165) is 12.1 Å². The minimum absolute atomic E-state index is 0.116. The molecule has 0 amide bonds. The number of nitrogens with two attached hydrogens (primary N) is 1. The standard InChI is InChI=1S/C19H38N2/c1-18(2,19(3,4)20)15-21(16-11-7-5-8-12-16)17-13-9-6-10-14-17/h16-17H,5-15,20H2,1-4H3. The van der Waals surface area contributed by atoms with Crippen LogP contribution in [0.5, 0.6) is 0 Å². The lowest BCUT2D eigenvalue weighted by molar-refractivity contribution is 0.0217. The number of nitrogens with zero attached hydrogens (tertiary/aromatic N) is 1. The predicted molar refractivity (Wildman–Crippen MR) is 92.5 cm³/mol. The van der Waals surface area contributed by atoms with Gasteiger partial charge in [-0.1, -0.05) is 52.4 Å². The topological polar surface area (TPSA) is 29.3 Å². The summed E-state index contributed by atoms with van der Waals surface area (Å²) in [6.07, 6.45) is 14.3. The van der Waals surface area contributed by atoms with Gasteiger partial charge in [-0.2, -0.15) is 0 Å². The molecule has 0 aromatic rings. The van der Waals surface area contributed by atoms with Gasteiger partial charge in [0.25, 0.3) is 0 Å². The van der Waals surface area contributed by atoms with Crippen LogP contribution >= 0.6 is 0 Å². The molecule has 0 spiro atoms. The Hall–Kier alpha value is -0.0800. The van der Waals surface area contributed by atoms with Crippen LogP contribution in [-0.2, 0) is 0 Å². The third kappa shape index (κ3) is 4.45. The molecule has 2 fully saturated rings. The predicted octanol–water partition coefficient (Wildman–Crippen LogP) is 4.72. The summed E-state index contributed by atoms with van der Waals surface area (Å²) < 4.78 is 0. The summed E-state index contributed by atoms with van der Waals surface area (Å²) in [5.41, 5.74) is 6.55. The van der Waals surface area contributed by atoms with Gasteiger partial charge in [-0.3, -0.25) is 4.90 Å². The van der Waals surface area contributed by atoms with Crippen molar-refractivity contribution >= 4 is 0 Å². The smallest absolute Gasteiger partial charge is 0.0161 e. The molecule has 2 aliphatic rings. The van der Waals surface area contributed by atoms with E-state index in [1.54, 1.807) is 0 Å². The Labute approximate surface area is 132 Å². The maximum Gasteiger partial charge on any atom is 0.0161 e. The van der Waals surface area contributed by atoms with Crippen molar-refractivity contribution in [3.05, 3.63) is 0 Å². The van der Waals surface area contributed by atoms with E-state index in [0.29, 0.717) is 0 Å². The molecule has 21 heavy (non-hydrogen) atoms. The maximum atomic E-state index is 6.49. The van der Waals surface area contributed by atoms with Gasteiger partial charge in [0.2, 0.25) is 0 Å². The second-order valence-electron chi connectivity index (χ2n) is 8.86. The quantitative estimate of drug-likeness (QED) is 0.795. The molecule has 0 aromatic carbocycles. The van der Waals surface area contributed by atoms with Gasteiger partial charge < -0.3 is 5.73 Å². The highest BCUT2D eigenvalue weighted by molar-refractivity contribution is 4.95. The van der Waals surface area contributed by atoms with Crippen LogP contribution in [0.4, 0.5) is 0 Å². The van der Waals surface area contributed by atoms with E-state index in [4.69, 9.17) is 5.73 Å². The van der Waals surface area contributed by atoms with Gasteiger partial charge in [0, 0.05) is 24.2 Å². The summed E-state index contributed by atoms with van der Waals surface area (Å²) in [5.74, 6) is 0. The normalized spacial score (nSPS) is 23.7. The van der Waals surface area contributed by atoms with E-state index in [2.05, 4.69) is 32.6 Å². The molecule has 2 saturated carbocycles. The number of rotatable bonds is 5. The first kappa shape index (κ1) is 17.3. The molecule has 0 saturated heterocycles. The molecule has 124 valence electrons. The molecule has 2 heteroatoms. The fourth-order valence-corrected chi connectivity index (χ4v) is 4.04. The zero-order valence-corrected chi connectivity index (χ0v) is 15.0. The van der Waals surface area contributed by atoms with Crippen molar-refractivity contribution in [3.63, 3.8) is 0 Å². The third-order valence-electron chi connectivity index (χ3n) is 6.41. The van der Waals surface area contributed by atoms with E-state index in [-0.39, 0.29) is 11.0 Å². The van der Waals surface area contributed by atoms with Crippen LogP contribution in [0.3, 0.4) is 0 Å². The summed E-state index contributed by atoms with van der Waals surface area (Å²) in [6, 6.07) is 1.65. The molecule has 0 heterocycles. The zero-order valence-electron chi connectivity index (χ0n) is 15.0. The van der Waals surface area contributed by atoms with Crippen LogP contribution in [0.2, 0.25) is 0 Å². The zero-order chi connectivity index (χ0) is 15.5. The summed E-state index contributed by atoms with van der Waals surface area (Å²) >= 11 is 0. The molecule has 0 radical (unpaired) electrons. The Morgan fingerprint density at radius 3 is 1.48 bits per heavy atom. The lowest BCUT2D eigenvalue weighted by Crippen LogP contribution is -2.57. The van der Waals surface area contributed by atoms with Crippen LogP contribution in [0, 0.1) is 5.41 Å². The Kier molecular flexibility index (Phi) is 5.76. The van der Waals surface area contributed by atoms with Crippen molar-refractivity contribution in [1.29, 1.82) is 0 Å². The second-order valence-corrected chi connectivity index (χ2v) is 8.86. The van der Waals surface area contributed by atoms with E-state index >= 15 is 0 Å². The molecular formula is C19H38N2. The summed E-state index contributed by atoms with van der Waals surface area (Å²) in [5, 5.41) is 0. The largest absolute Gasteiger partial charge is 0.325 e. The first-order valence-corrected chi connectivity index (χ1v) is 9.36. The van der Waals surface area contributed by atoms with Crippen molar-refractivity contribution in [2.75, 3.05) is 6.54 Å². The van der Waals surface area contributed by atoms with Crippen LogP contribution in [-0.4, -0.2) is 29.1 Å². The van der Waals surface area contributed by atoms with Gasteiger partial charge in [0.05, 0.1) is 0 Å². The summed E-state index contributed by atoms with van der Waals surface area (Å²) in [4.78, 5) is 2.90. The van der Waals surface area contributed by atoms with Crippen molar-refractivity contribution in [2.45, 2.75) is 110 Å². The van der Waals surface area contributed by atoms with Crippen molar-refractivity contribution in [2.24, 2.45) is 11.1 Å². The first-order chi connectivity index (χ1) is 9.81. The van der Waals surface area contributed by atoms with Crippen LogP contribution in [0.25, 0.3) is 0 Å². The van der Waals surface area contributed by atoms with Gasteiger partial charge in [0.1, 0.15) is 0 Å². The average Bonchev–Trinajstić information content (AvgIpc) is 2.45. The summed E-state index contributed by atoms with van der Waals surface area (Å²) in [7, 11) is 0. The molecule has 0 bridgehead atoms. The van der Waals surface area contributed by atoms with E-state index in [9.17, 15) is 0 Å².